The minimum atomic E-state index is -0.405. The number of anilines is 1. The van der Waals surface area contributed by atoms with Crippen LogP contribution < -0.4 is 10.6 Å². The van der Waals surface area contributed by atoms with E-state index in [0.717, 1.165) is 29.9 Å². The highest BCUT2D eigenvalue weighted by Crippen LogP contribution is 2.20. The van der Waals surface area contributed by atoms with Crippen molar-refractivity contribution in [3.05, 3.63) is 77.4 Å². The number of aromatic nitrogens is 2. The van der Waals surface area contributed by atoms with E-state index in [4.69, 9.17) is 0 Å². The summed E-state index contributed by atoms with van der Waals surface area (Å²) < 4.78 is 15.1. The van der Waals surface area contributed by atoms with Crippen molar-refractivity contribution in [1.82, 2.24) is 20.0 Å². The first kappa shape index (κ1) is 22.5. The Bertz CT molecular complexity index is 1140. The molecule has 1 aromatic heterocycles. The molecule has 1 saturated heterocycles. The monoisotopic (exact) mass is 449 g/mol. The average Bonchev–Trinajstić information content (AvgIpc) is 3.15. The molecule has 1 aliphatic rings. The molecule has 4 rings (SSSR count). The number of carbonyl (C=O) groups is 2. The van der Waals surface area contributed by atoms with Crippen molar-refractivity contribution in [3.63, 3.8) is 0 Å². The Kier molecular flexibility index (Phi) is 6.72. The van der Waals surface area contributed by atoms with Crippen molar-refractivity contribution < 1.29 is 14.0 Å². The summed E-state index contributed by atoms with van der Waals surface area (Å²) in [5.74, 6) is -0.254. The Balaban J connectivity index is 1.31. The summed E-state index contributed by atoms with van der Waals surface area (Å²) in [6.07, 6.45) is 1.81. The number of carbonyl (C=O) groups excluding carboxylic acids is 2. The number of hydrogen-bond acceptors (Lipinski definition) is 3. The van der Waals surface area contributed by atoms with E-state index in [1.54, 1.807) is 12.1 Å². The predicted molar refractivity (Wildman–Crippen MR) is 125 cm³/mol. The number of urea groups is 1. The van der Waals surface area contributed by atoms with E-state index in [9.17, 15) is 14.0 Å². The lowest BCUT2D eigenvalue weighted by molar-refractivity contribution is 0.0675. The minimum absolute atomic E-state index is 0.0103. The maximum Gasteiger partial charge on any atom is 0.319 e. The summed E-state index contributed by atoms with van der Waals surface area (Å²) in [5.41, 5.74) is 3.95. The minimum Gasteiger partial charge on any atom is -0.338 e. The number of nitrogens with zero attached hydrogens (tertiary/aromatic N) is 3. The maximum absolute atomic E-state index is 13.3. The quantitative estimate of drug-likeness (QED) is 0.610. The van der Waals surface area contributed by atoms with E-state index >= 15 is 0 Å². The van der Waals surface area contributed by atoms with Crippen LogP contribution in [-0.4, -0.2) is 46.3 Å². The van der Waals surface area contributed by atoms with Crippen LogP contribution >= 0.6 is 0 Å². The molecule has 0 spiro atoms. The third-order valence-electron chi connectivity index (χ3n) is 5.81. The number of aryl methyl sites for hydroxylation is 2. The Morgan fingerprint density at radius 1 is 1.12 bits per heavy atom. The van der Waals surface area contributed by atoms with Gasteiger partial charge in [-0.15, -0.1) is 0 Å². The predicted octanol–water partition coefficient (Wildman–Crippen LogP) is 4.30. The Hall–Kier alpha value is -3.68. The molecule has 1 fully saturated rings. The second-order valence-electron chi connectivity index (χ2n) is 8.49. The van der Waals surface area contributed by atoms with Gasteiger partial charge >= 0.3 is 6.03 Å². The maximum atomic E-state index is 13.3. The van der Waals surface area contributed by atoms with Gasteiger partial charge in [-0.3, -0.25) is 4.79 Å². The van der Waals surface area contributed by atoms with Crippen molar-refractivity contribution in [3.8, 4) is 5.69 Å². The van der Waals surface area contributed by atoms with Gasteiger partial charge in [0.2, 0.25) is 0 Å². The lowest BCUT2D eigenvalue weighted by Crippen LogP contribution is -2.44. The van der Waals surface area contributed by atoms with E-state index in [1.807, 2.05) is 53.8 Å². The number of amides is 3. The van der Waals surface area contributed by atoms with Crippen LogP contribution in [0.1, 0.15) is 34.6 Å². The van der Waals surface area contributed by atoms with Crippen molar-refractivity contribution in [2.24, 2.45) is 5.92 Å². The molecule has 8 heteroatoms. The summed E-state index contributed by atoms with van der Waals surface area (Å²) in [6, 6.07) is 14.9. The van der Waals surface area contributed by atoms with Crippen LogP contribution in [0.4, 0.5) is 14.9 Å². The molecule has 0 bridgehead atoms. The summed E-state index contributed by atoms with van der Waals surface area (Å²) in [6.45, 7) is 5.68. The van der Waals surface area contributed by atoms with Crippen molar-refractivity contribution in [2.75, 3.05) is 25.0 Å². The molecule has 2 heterocycles. The Morgan fingerprint density at radius 3 is 2.61 bits per heavy atom. The number of halogens is 1. The number of benzene rings is 2. The molecule has 1 aliphatic heterocycles. The van der Waals surface area contributed by atoms with Crippen LogP contribution in [0.3, 0.4) is 0 Å². The first-order valence-corrected chi connectivity index (χ1v) is 11.1. The number of nitrogens with one attached hydrogen (secondary N) is 2. The molecular weight excluding hydrogens is 421 g/mol. The lowest BCUT2D eigenvalue weighted by Gasteiger charge is -2.33. The zero-order valence-electron chi connectivity index (χ0n) is 18.8. The molecule has 7 nitrogen and oxygen atoms in total. The van der Waals surface area contributed by atoms with Gasteiger partial charge in [0.15, 0.2) is 0 Å². The van der Waals surface area contributed by atoms with Crippen LogP contribution in [0.15, 0.2) is 54.6 Å². The van der Waals surface area contributed by atoms with Crippen LogP contribution in [-0.2, 0) is 0 Å². The topological polar surface area (TPSA) is 79.3 Å². The number of piperidine rings is 1. The molecule has 3 aromatic rings. The van der Waals surface area contributed by atoms with Gasteiger partial charge in [0.1, 0.15) is 5.82 Å². The molecule has 2 N–H and O–H groups in total. The first-order chi connectivity index (χ1) is 15.9. The second kappa shape index (κ2) is 9.85. The highest BCUT2D eigenvalue weighted by Gasteiger charge is 2.25. The fourth-order valence-electron chi connectivity index (χ4n) is 4.21. The number of likely N-dealkylation sites (tertiary alicyclic amines) is 1. The fraction of sp³-hybridized carbons (Fsp3) is 0.320. The van der Waals surface area contributed by atoms with Gasteiger partial charge in [-0.05, 0) is 81.1 Å². The molecule has 0 aliphatic carbocycles. The van der Waals surface area contributed by atoms with Crippen LogP contribution in [0.2, 0.25) is 0 Å². The zero-order chi connectivity index (χ0) is 23.4. The third kappa shape index (κ3) is 5.58. The van der Waals surface area contributed by atoms with Gasteiger partial charge in [0.25, 0.3) is 5.91 Å². The van der Waals surface area contributed by atoms with Crippen LogP contribution in [0.5, 0.6) is 0 Å². The Morgan fingerprint density at radius 2 is 1.91 bits per heavy atom. The molecule has 1 atom stereocenters. The molecule has 172 valence electrons. The number of hydrogen-bond donors (Lipinski definition) is 2. The first-order valence-electron chi connectivity index (χ1n) is 11.1. The smallest absolute Gasteiger partial charge is 0.319 e. The van der Waals surface area contributed by atoms with Gasteiger partial charge < -0.3 is 15.5 Å². The van der Waals surface area contributed by atoms with Crippen molar-refractivity contribution in [2.45, 2.75) is 26.7 Å². The molecule has 0 radical (unpaired) electrons. The average molecular weight is 450 g/mol. The fourth-order valence-corrected chi connectivity index (χ4v) is 4.21. The molecular formula is C25H28FN5O2. The normalized spacial score (nSPS) is 15.8. The van der Waals surface area contributed by atoms with Gasteiger partial charge in [-0.25, -0.2) is 13.9 Å². The third-order valence-corrected chi connectivity index (χ3v) is 5.81. The summed E-state index contributed by atoms with van der Waals surface area (Å²) in [7, 11) is 0. The van der Waals surface area contributed by atoms with E-state index in [0.29, 0.717) is 30.9 Å². The van der Waals surface area contributed by atoms with E-state index in [2.05, 4.69) is 15.7 Å². The van der Waals surface area contributed by atoms with Gasteiger partial charge in [0, 0.05) is 36.6 Å². The van der Waals surface area contributed by atoms with E-state index in [1.165, 1.54) is 12.1 Å². The van der Waals surface area contributed by atoms with Crippen LogP contribution in [0, 0.1) is 25.6 Å². The molecule has 1 unspecified atom stereocenters. The summed E-state index contributed by atoms with van der Waals surface area (Å²) in [5, 5.41) is 9.94. The van der Waals surface area contributed by atoms with Gasteiger partial charge in [-0.1, -0.05) is 6.07 Å². The van der Waals surface area contributed by atoms with Crippen molar-refractivity contribution >= 4 is 17.6 Å². The van der Waals surface area contributed by atoms with E-state index < -0.39 is 5.82 Å². The zero-order valence-corrected chi connectivity index (χ0v) is 18.8. The summed E-state index contributed by atoms with van der Waals surface area (Å²) >= 11 is 0. The van der Waals surface area contributed by atoms with Crippen LogP contribution in [0.25, 0.3) is 5.69 Å². The lowest BCUT2D eigenvalue weighted by atomic mass is 9.97. The SMILES string of the molecule is Cc1cc(C)n(-c2ccc(C(=O)N3CCCC(CNC(=O)Nc4cccc(F)c4)C3)cc2)n1. The second-order valence-corrected chi connectivity index (χ2v) is 8.49. The highest BCUT2D eigenvalue weighted by molar-refractivity contribution is 5.94. The molecule has 0 saturated carbocycles. The summed E-state index contributed by atoms with van der Waals surface area (Å²) in [4.78, 5) is 27.0. The Labute approximate surface area is 192 Å². The molecule has 33 heavy (non-hydrogen) atoms. The van der Waals surface area contributed by atoms with Crippen molar-refractivity contribution in [1.29, 1.82) is 0 Å². The van der Waals surface area contributed by atoms with Gasteiger partial charge in [-0.2, -0.15) is 5.10 Å². The standard InChI is InChI=1S/C25H28FN5O2/c1-17-13-18(2)31(29-17)23-10-8-20(9-11-23)24(32)30-12-4-5-19(16-30)15-27-25(33)28-22-7-3-6-21(26)14-22/h3,6-11,13-14,19H,4-5,12,15-16H2,1-2H3,(H2,27,28,33). The largest absolute Gasteiger partial charge is 0.338 e. The van der Waals surface area contributed by atoms with Gasteiger partial charge in [0.05, 0.1) is 11.4 Å². The molecule has 2 aromatic carbocycles. The molecule has 3 amide bonds. The number of rotatable bonds is 5. The highest BCUT2D eigenvalue weighted by atomic mass is 19.1. The van der Waals surface area contributed by atoms with E-state index in [-0.39, 0.29) is 17.9 Å².